The molecule has 188 valence electrons. The molecule has 1 aliphatic heterocycles. The molecule has 4 rings (SSSR count). The van der Waals surface area contributed by atoms with Crippen LogP contribution in [0.5, 0.6) is 0 Å². The van der Waals surface area contributed by atoms with Crippen LogP contribution in [0.3, 0.4) is 0 Å². The summed E-state index contributed by atoms with van der Waals surface area (Å²) in [6, 6.07) is 13.6. The molecule has 1 saturated heterocycles. The Morgan fingerprint density at radius 2 is 1.95 bits per heavy atom. The molecule has 10 nitrogen and oxygen atoms in total. The van der Waals surface area contributed by atoms with Gasteiger partial charge in [-0.25, -0.2) is 9.78 Å². The molecule has 1 aromatic carbocycles. The Bertz CT molecular complexity index is 1360. The smallest absolute Gasteiger partial charge is 0.325 e. The van der Waals surface area contributed by atoms with Crippen LogP contribution in [0.4, 0.5) is 16.3 Å². The number of amides is 4. The van der Waals surface area contributed by atoms with Gasteiger partial charge in [0.1, 0.15) is 11.9 Å². The predicted molar refractivity (Wildman–Crippen MR) is 137 cm³/mol. The van der Waals surface area contributed by atoms with Gasteiger partial charge in [0.25, 0.3) is 5.91 Å². The summed E-state index contributed by atoms with van der Waals surface area (Å²) in [7, 11) is 1.60. The minimum Gasteiger partial charge on any atom is -0.384 e. The Labute approximate surface area is 214 Å². The fraction of sp³-hybridized carbons (Fsp3) is 0.259. The molecule has 2 aromatic heterocycles. The monoisotopic (exact) mass is 497 g/mol. The molecule has 3 heterocycles. The van der Waals surface area contributed by atoms with Gasteiger partial charge in [0.2, 0.25) is 5.91 Å². The van der Waals surface area contributed by atoms with E-state index in [9.17, 15) is 19.6 Å². The van der Waals surface area contributed by atoms with Crippen molar-refractivity contribution in [2.75, 3.05) is 17.7 Å². The highest BCUT2D eigenvalue weighted by Gasteiger charge is 2.55. The highest BCUT2D eigenvalue weighted by atomic mass is 16.2. The zero-order chi connectivity index (χ0) is 26.5. The van der Waals surface area contributed by atoms with Gasteiger partial charge in [-0.1, -0.05) is 19.1 Å². The van der Waals surface area contributed by atoms with Gasteiger partial charge in [0.05, 0.1) is 23.6 Å². The molecule has 0 radical (unpaired) electrons. The number of carbonyl (C=O) groups is 3. The number of rotatable bonds is 7. The number of aromatic nitrogens is 2. The number of hydrogen-bond acceptors (Lipinski definition) is 7. The van der Waals surface area contributed by atoms with Crippen molar-refractivity contribution >= 4 is 29.4 Å². The van der Waals surface area contributed by atoms with E-state index in [4.69, 9.17) is 5.73 Å². The summed E-state index contributed by atoms with van der Waals surface area (Å²) in [6.07, 6.45) is 5.43. The van der Waals surface area contributed by atoms with Gasteiger partial charge in [0, 0.05) is 31.3 Å². The molecule has 0 saturated carbocycles. The van der Waals surface area contributed by atoms with Gasteiger partial charge in [-0.3, -0.25) is 19.5 Å². The fourth-order valence-corrected chi connectivity index (χ4v) is 4.49. The second-order valence-corrected chi connectivity index (χ2v) is 8.80. The molecule has 1 fully saturated rings. The average molecular weight is 498 g/mol. The zero-order valence-corrected chi connectivity index (χ0v) is 20.5. The summed E-state index contributed by atoms with van der Waals surface area (Å²) in [5.74, 6) is -1.28. The molecule has 37 heavy (non-hydrogen) atoms. The van der Waals surface area contributed by atoms with Crippen molar-refractivity contribution in [2.45, 2.75) is 31.8 Å². The Morgan fingerprint density at radius 1 is 1.19 bits per heavy atom. The second-order valence-electron chi connectivity index (χ2n) is 8.80. The van der Waals surface area contributed by atoms with Crippen molar-refractivity contribution in [3.8, 4) is 6.07 Å². The number of nitrogens with one attached hydrogen (secondary N) is 1. The van der Waals surface area contributed by atoms with Crippen LogP contribution in [0.2, 0.25) is 0 Å². The standard InChI is InChI=1S/C27H27N7O3/c1-3-22(19-6-4-5-18(13-19)16-28)32-27(37)34-24(26(36)33(2)20-8-10-30-11-9-20)21(25(34)35)14-17-7-12-31-23(29)15-17/h4-13,15,21-22,24H,3,14H2,1-2H3,(H2,29,31)(H,32,37)/t21-,22-,24+/m1/s1. The third-order valence-corrected chi connectivity index (χ3v) is 6.49. The van der Waals surface area contributed by atoms with E-state index in [1.807, 2.05) is 13.0 Å². The number of pyridine rings is 2. The van der Waals surface area contributed by atoms with Crippen LogP contribution in [0.15, 0.2) is 67.1 Å². The largest absolute Gasteiger partial charge is 0.384 e. The first-order valence-electron chi connectivity index (χ1n) is 11.9. The van der Waals surface area contributed by atoms with Gasteiger partial charge in [-0.2, -0.15) is 5.26 Å². The lowest BCUT2D eigenvalue weighted by Crippen LogP contribution is -2.70. The van der Waals surface area contributed by atoms with Gasteiger partial charge >= 0.3 is 6.03 Å². The molecular formula is C27H27N7O3. The van der Waals surface area contributed by atoms with E-state index >= 15 is 0 Å². The summed E-state index contributed by atoms with van der Waals surface area (Å²) in [4.78, 5) is 50.6. The van der Waals surface area contributed by atoms with Crippen molar-refractivity contribution in [3.63, 3.8) is 0 Å². The lowest BCUT2D eigenvalue weighted by atomic mass is 9.81. The molecule has 3 atom stereocenters. The highest BCUT2D eigenvalue weighted by molar-refractivity contribution is 6.12. The fourth-order valence-electron chi connectivity index (χ4n) is 4.49. The summed E-state index contributed by atoms with van der Waals surface area (Å²) >= 11 is 0. The molecule has 3 N–H and O–H groups in total. The average Bonchev–Trinajstić information content (AvgIpc) is 2.92. The number of nitrogen functional groups attached to an aromatic ring is 1. The van der Waals surface area contributed by atoms with Crippen LogP contribution in [0.25, 0.3) is 0 Å². The van der Waals surface area contributed by atoms with E-state index in [0.717, 1.165) is 16.0 Å². The van der Waals surface area contributed by atoms with Crippen LogP contribution < -0.4 is 16.0 Å². The Kier molecular flexibility index (Phi) is 7.44. The van der Waals surface area contributed by atoms with Crippen LogP contribution in [-0.4, -0.2) is 45.8 Å². The van der Waals surface area contributed by atoms with Crippen molar-refractivity contribution in [2.24, 2.45) is 5.92 Å². The number of nitriles is 1. The maximum absolute atomic E-state index is 13.6. The Morgan fingerprint density at radius 3 is 2.62 bits per heavy atom. The van der Waals surface area contributed by atoms with Crippen molar-refractivity contribution in [3.05, 3.63) is 83.8 Å². The van der Waals surface area contributed by atoms with Gasteiger partial charge in [0.15, 0.2) is 0 Å². The summed E-state index contributed by atoms with van der Waals surface area (Å²) in [5, 5.41) is 12.1. The molecule has 1 aliphatic rings. The van der Waals surface area contributed by atoms with E-state index in [-0.39, 0.29) is 6.42 Å². The predicted octanol–water partition coefficient (Wildman–Crippen LogP) is 2.82. The van der Waals surface area contributed by atoms with E-state index in [1.54, 1.807) is 68.1 Å². The molecule has 0 aliphatic carbocycles. The number of β-lactam (4-membered cyclic amide) rings is 1. The first-order valence-corrected chi connectivity index (χ1v) is 11.9. The summed E-state index contributed by atoms with van der Waals surface area (Å²) < 4.78 is 0. The van der Waals surface area contributed by atoms with Crippen LogP contribution in [-0.2, 0) is 16.0 Å². The van der Waals surface area contributed by atoms with E-state index in [1.165, 1.54) is 4.90 Å². The van der Waals surface area contributed by atoms with Gasteiger partial charge < -0.3 is 16.0 Å². The molecule has 4 amide bonds. The third kappa shape index (κ3) is 5.26. The number of carbonyl (C=O) groups excluding carboxylic acids is 3. The maximum Gasteiger partial charge on any atom is 0.325 e. The number of nitrogens with two attached hydrogens (primary N) is 1. The van der Waals surface area contributed by atoms with Gasteiger partial charge in [-0.15, -0.1) is 0 Å². The van der Waals surface area contributed by atoms with Crippen molar-refractivity contribution < 1.29 is 14.4 Å². The molecule has 0 unspecified atom stereocenters. The SMILES string of the molecule is CC[C@@H](NC(=O)N1C(=O)[C@H](Cc2ccnc(N)c2)[C@H]1C(=O)N(C)c1ccncc1)c1cccc(C#N)c1. The molecule has 3 aromatic rings. The van der Waals surface area contributed by atoms with E-state index in [0.29, 0.717) is 23.5 Å². The van der Waals surface area contributed by atoms with Gasteiger partial charge in [-0.05, 0) is 60.4 Å². The third-order valence-electron chi connectivity index (χ3n) is 6.49. The number of imide groups is 1. The number of anilines is 2. The first-order chi connectivity index (χ1) is 17.8. The number of likely N-dealkylation sites (N-methyl/N-ethyl adjacent to an activating group) is 1. The number of hydrogen-bond donors (Lipinski definition) is 2. The maximum atomic E-state index is 13.6. The van der Waals surface area contributed by atoms with Crippen LogP contribution in [0.1, 0.15) is 36.1 Å². The van der Waals surface area contributed by atoms with Crippen LogP contribution in [0, 0.1) is 17.2 Å². The topological polar surface area (TPSA) is 145 Å². The minimum absolute atomic E-state index is 0.233. The number of likely N-dealkylation sites (tertiary alicyclic amines) is 1. The minimum atomic E-state index is -1.01. The van der Waals surface area contributed by atoms with Crippen LogP contribution >= 0.6 is 0 Å². The molecular weight excluding hydrogens is 470 g/mol. The molecule has 10 heteroatoms. The number of benzene rings is 1. The van der Waals surface area contributed by atoms with Crippen molar-refractivity contribution in [1.29, 1.82) is 5.26 Å². The lowest BCUT2D eigenvalue weighted by molar-refractivity contribution is -0.156. The zero-order valence-electron chi connectivity index (χ0n) is 20.5. The van der Waals surface area contributed by atoms with Crippen molar-refractivity contribution in [1.82, 2.24) is 20.2 Å². The Balaban J connectivity index is 1.60. The number of urea groups is 1. The highest BCUT2D eigenvalue weighted by Crippen LogP contribution is 2.33. The first kappa shape index (κ1) is 25.3. The Hall–Kier alpha value is -4.78. The van der Waals surface area contributed by atoms with E-state index in [2.05, 4.69) is 21.4 Å². The normalized spacial score (nSPS) is 17.3. The molecule has 0 bridgehead atoms. The molecule has 0 spiro atoms. The summed E-state index contributed by atoms with van der Waals surface area (Å²) in [6.45, 7) is 1.89. The quantitative estimate of drug-likeness (QED) is 0.477. The number of nitrogens with zero attached hydrogens (tertiary/aromatic N) is 5. The lowest BCUT2D eigenvalue weighted by Gasteiger charge is -2.46. The second kappa shape index (κ2) is 10.9. The van der Waals surface area contributed by atoms with E-state index < -0.39 is 35.8 Å². The summed E-state index contributed by atoms with van der Waals surface area (Å²) in [5.41, 5.74) is 8.34.